The van der Waals surface area contributed by atoms with Gasteiger partial charge in [-0.15, -0.1) is 0 Å². The highest BCUT2D eigenvalue weighted by atomic mass is 16.4. The predicted molar refractivity (Wildman–Crippen MR) is 78.7 cm³/mol. The molecular weight excluding hydrogens is 252 g/mol. The number of carbonyl (C=O) groups is 1. The van der Waals surface area contributed by atoms with Crippen molar-refractivity contribution in [3.05, 3.63) is 60.2 Å². The van der Waals surface area contributed by atoms with E-state index in [0.717, 1.165) is 22.6 Å². The van der Waals surface area contributed by atoms with E-state index in [2.05, 4.69) is 10.3 Å². The highest BCUT2D eigenvalue weighted by Crippen LogP contribution is 2.30. The van der Waals surface area contributed by atoms with Gasteiger partial charge in [-0.25, -0.2) is 4.79 Å². The quantitative estimate of drug-likeness (QED) is 0.878. The lowest BCUT2D eigenvalue weighted by Gasteiger charge is -2.13. The molecule has 2 aromatic rings. The van der Waals surface area contributed by atoms with Gasteiger partial charge in [0.25, 0.3) is 0 Å². The molecule has 2 aromatic carbocycles. The number of aliphatic imine (C=N–C) groups is 1. The minimum atomic E-state index is -0.870. The van der Waals surface area contributed by atoms with Crippen LogP contribution in [-0.2, 0) is 4.79 Å². The molecule has 0 fully saturated rings. The Kier molecular flexibility index (Phi) is 3.21. The van der Waals surface area contributed by atoms with Crippen molar-refractivity contribution in [2.45, 2.75) is 12.5 Å². The van der Waals surface area contributed by atoms with E-state index in [0.29, 0.717) is 6.42 Å². The third-order valence-corrected chi connectivity index (χ3v) is 3.29. The highest BCUT2D eigenvalue weighted by molar-refractivity contribution is 6.06. The van der Waals surface area contributed by atoms with Crippen LogP contribution in [-0.4, -0.2) is 22.8 Å². The summed E-state index contributed by atoms with van der Waals surface area (Å²) in [4.78, 5) is 16.0. The lowest BCUT2D eigenvalue weighted by atomic mass is 10.0. The number of carboxylic acids is 1. The zero-order chi connectivity index (χ0) is 13.9. The van der Waals surface area contributed by atoms with Crippen molar-refractivity contribution in [1.29, 1.82) is 0 Å². The average Bonchev–Trinajstić information content (AvgIpc) is 2.67. The van der Waals surface area contributed by atoms with Crippen LogP contribution in [0.3, 0.4) is 0 Å². The Bertz CT molecular complexity index is 665. The number of hydrogen-bond donors (Lipinski definition) is 2. The predicted octanol–water partition coefficient (Wildman–Crippen LogP) is 3.08. The first-order chi connectivity index (χ1) is 9.74. The summed E-state index contributed by atoms with van der Waals surface area (Å²) in [6, 6.07) is 16.5. The van der Waals surface area contributed by atoms with Crippen LogP contribution in [0.5, 0.6) is 0 Å². The molecule has 0 spiro atoms. The number of fused-ring (bicyclic) bond motifs is 1. The van der Waals surface area contributed by atoms with Gasteiger partial charge in [0.1, 0.15) is 6.04 Å². The number of anilines is 1. The molecule has 1 atom stereocenters. The SMILES string of the molecule is O=C(O)C1CC(c2ccccc2)=Nc2ccccc2N1. The summed E-state index contributed by atoms with van der Waals surface area (Å²) in [6.07, 6.45) is 0.355. The lowest BCUT2D eigenvalue weighted by molar-refractivity contribution is -0.137. The summed E-state index contributed by atoms with van der Waals surface area (Å²) in [7, 11) is 0. The molecule has 0 aliphatic carbocycles. The molecule has 0 bridgehead atoms. The number of carboxylic acid groups (broad SMARTS) is 1. The average molecular weight is 266 g/mol. The number of nitrogens with one attached hydrogen (secondary N) is 1. The third-order valence-electron chi connectivity index (χ3n) is 3.29. The fourth-order valence-electron chi connectivity index (χ4n) is 2.28. The normalized spacial score (nSPS) is 17.4. The second-order valence-electron chi connectivity index (χ2n) is 4.68. The molecule has 0 aromatic heterocycles. The van der Waals surface area contributed by atoms with Crippen LogP contribution in [0.25, 0.3) is 0 Å². The Morgan fingerprint density at radius 3 is 2.55 bits per heavy atom. The maximum Gasteiger partial charge on any atom is 0.326 e. The molecule has 0 saturated heterocycles. The van der Waals surface area contributed by atoms with Gasteiger partial charge in [0.15, 0.2) is 0 Å². The van der Waals surface area contributed by atoms with E-state index in [9.17, 15) is 9.90 Å². The summed E-state index contributed by atoms with van der Waals surface area (Å²) < 4.78 is 0. The van der Waals surface area contributed by atoms with E-state index in [-0.39, 0.29) is 0 Å². The number of rotatable bonds is 2. The van der Waals surface area contributed by atoms with Gasteiger partial charge in [0.2, 0.25) is 0 Å². The van der Waals surface area contributed by atoms with Crippen LogP contribution in [0.1, 0.15) is 12.0 Å². The van der Waals surface area contributed by atoms with E-state index in [1.165, 1.54) is 0 Å². The number of nitrogens with zero attached hydrogens (tertiary/aromatic N) is 1. The third kappa shape index (κ3) is 2.40. The van der Waals surface area contributed by atoms with Crippen molar-refractivity contribution in [2.24, 2.45) is 4.99 Å². The van der Waals surface area contributed by atoms with Gasteiger partial charge in [0.05, 0.1) is 17.1 Å². The van der Waals surface area contributed by atoms with Crippen LogP contribution < -0.4 is 5.32 Å². The summed E-state index contributed by atoms with van der Waals surface area (Å²) >= 11 is 0. The largest absolute Gasteiger partial charge is 0.480 e. The smallest absolute Gasteiger partial charge is 0.326 e. The maximum absolute atomic E-state index is 11.4. The molecule has 1 unspecified atom stereocenters. The minimum Gasteiger partial charge on any atom is -0.480 e. The zero-order valence-corrected chi connectivity index (χ0v) is 10.8. The minimum absolute atomic E-state index is 0.355. The molecule has 1 aliphatic rings. The van der Waals surface area contributed by atoms with Crippen LogP contribution in [0.15, 0.2) is 59.6 Å². The van der Waals surface area contributed by atoms with Gasteiger partial charge in [-0.1, -0.05) is 42.5 Å². The Morgan fingerprint density at radius 1 is 1.10 bits per heavy atom. The summed E-state index contributed by atoms with van der Waals surface area (Å²) in [5.41, 5.74) is 3.27. The van der Waals surface area contributed by atoms with E-state index in [4.69, 9.17) is 0 Å². The summed E-state index contributed by atoms with van der Waals surface area (Å²) in [5.74, 6) is -0.870. The fourth-order valence-corrected chi connectivity index (χ4v) is 2.28. The van der Waals surface area contributed by atoms with Gasteiger partial charge in [-0.2, -0.15) is 0 Å². The van der Waals surface area contributed by atoms with Crippen molar-refractivity contribution in [2.75, 3.05) is 5.32 Å². The molecule has 0 radical (unpaired) electrons. The second kappa shape index (κ2) is 5.17. The van der Waals surface area contributed by atoms with Crippen molar-refractivity contribution in [3.8, 4) is 0 Å². The molecule has 2 N–H and O–H groups in total. The first kappa shape index (κ1) is 12.4. The van der Waals surface area contributed by atoms with Gasteiger partial charge in [-0.3, -0.25) is 4.99 Å². The number of aliphatic carboxylic acids is 1. The summed E-state index contributed by atoms with van der Waals surface area (Å²) in [5, 5.41) is 12.4. The number of hydrogen-bond acceptors (Lipinski definition) is 3. The van der Waals surface area contributed by atoms with E-state index < -0.39 is 12.0 Å². The Hall–Kier alpha value is -2.62. The van der Waals surface area contributed by atoms with Crippen molar-refractivity contribution < 1.29 is 9.90 Å². The fraction of sp³-hybridized carbons (Fsp3) is 0.125. The van der Waals surface area contributed by atoms with Crippen molar-refractivity contribution in [3.63, 3.8) is 0 Å². The first-order valence-corrected chi connectivity index (χ1v) is 6.45. The molecule has 3 rings (SSSR count). The first-order valence-electron chi connectivity index (χ1n) is 6.45. The van der Waals surface area contributed by atoms with E-state index in [1.54, 1.807) is 0 Å². The van der Waals surface area contributed by atoms with Crippen LogP contribution in [0.4, 0.5) is 11.4 Å². The molecule has 20 heavy (non-hydrogen) atoms. The number of benzene rings is 2. The van der Waals surface area contributed by atoms with Crippen LogP contribution in [0, 0.1) is 0 Å². The van der Waals surface area contributed by atoms with E-state index in [1.807, 2.05) is 54.6 Å². The molecule has 4 nitrogen and oxygen atoms in total. The highest BCUT2D eigenvalue weighted by Gasteiger charge is 2.24. The van der Waals surface area contributed by atoms with Crippen LogP contribution in [0.2, 0.25) is 0 Å². The Labute approximate surface area is 116 Å². The van der Waals surface area contributed by atoms with Crippen molar-refractivity contribution >= 4 is 23.1 Å². The Balaban J connectivity index is 2.09. The topological polar surface area (TPSA) is 61.7 Å². The molecule has 1 heterocycles. The summed E-state index contributed by atoms with van der Waals surface area (Å²) in [6.45, 7) is 0. The molecular formula is C16H14N2O2. The van der Waals surface area contributed by atoms with Gasteiger partial charge >= 0.3 is 5.97 Å². The Morgan fingerprint density at radius 2 is 1.80 bits per heavy atom. The van der Waals surface area contributed by atoms with Gasteiger partial charge in [0, 0.05) is 6.42 Å². The van der Waals surface area contributed by atoms with Crippen molar-refractivity contribution in [1.82, 2.24) is 0 Å². The molecule has 0 amide bonds. The molecule has 4 heteroatoms. The molecule has 1 aliphatic heterocycles. The maximum atomic E-state index is 11.4. The monoisotopic (exact) mass is 266 g/mol. The van der Waals surface area contributed by atoms with Gasteiger partial charge in [-0.05, 0) is 17.7 Å². The number of para-hydroxylation sites is 2. The second-order valence-corrected chi connectivity index (χ2v) is 4.68. The van der Waals surface area contributed by atoms with Crippen LogP contribution >= 0.6 is 0 Å². The molecule has 0 saturated carbocycles. The lowest BCUT2D eigenvalue weighted by Crippen LogP contribution is -2.31. The molecule has 100 valence electrons. The zero-order valence-electron chi connectivity index (χ0n) is 10.8. The van der Waals surface area contributed by atoms with Gasteiger partial charge < -0.3 is 10.4 Å². The standard InChI is InChI=1S/C16H14N2O2/c19-16(20)15-10-14(11-6-2-1-3-7-11)17-12-8-4-5-9-13(12)18-15/h1-9,15,18H,10H2,(H,19,20). The van der Waals surface area contributed by atoms with E-state index >= 15 is 0 Å².